The number of nitrogens with zero attached hydrogens (tertiary/aromatic N) is 1. The summed E-state index contributed by atoms with van der Waals surface area (Å²) in [6.07, 6.45) is -4.43. The molecule has 0 spiro atoms. The Hall–Kier alpha value is -1.28. The second-order valence-corrected chi connectivity index (χ2v) is 5.42. The van der Waals surface area contributed by atoms with Crippen LogP contribution in [0.3, 0.4) is 0 Å². The van der Waals surface area contributed by atoms with Crippen molar-refractivity contribution in [3.8, 4) is 0 Å². The van der Waals surface area contributed by atoms with Gasteiger partial charge in [0.05, 0.1) is 18.7 Å². The lowest BCUT2D eigenvalue weighted by Gasteiger charge is -2.14. The van der Waals surface area contributed by atoms with Gasteiger partial charge in [0.1, 0.15) is 0 Å². The third-order valence-electron chi connectivity index (χ3n) is 2.61. The van der Waals surface area contributed by atoms with Gasteiger partial charge in [-0.15, -0.1) is 0 Å². The highest BCUT2D eigenvalue weighted by Gasteiger charge is 2.33. The van der Waals surface area contributed by atoms with E-state index in [9.17, 15) is 13.2 Å². The lowest BCUT2D eigenvalue weighted by molar-refractivity contribution is -0.138. The summed E-state index contributed by atoms with van der Waals surface area (Å²) in [5.41, 5.74) is 4.98. The van der Waals surface area contributed by atoms with Crippen LogP contribution in [0.15, 0.2) is 27.7 Å². The Balaban J connectivity index is 2.84. The number of methoxy groups -OCH3 is 1. The lowest BCUT2D eigenvalue weighted by atomic mass is 10.1. The lowest BCUT2D eigenvalue weighted by Crippen LogP contribution is -2.40. The fraction of sp³-hybridized carbons (Fsp3) is 0.462. The topological polar surface area (TPSA) is 59.6 Å². The van der Waals surface area contributed by atoms with Gasteiger partial charge in [-0.3, -0.25) is 0 Å². The summed E-state index contributed by atoms with van der Waals surface area (Å²) in [5, 5.41) is 2.83. The van der Waals surface area contributed by atoms with Crippen molar-refractivity contribution in [2.75, 3.05) is 13.7 Å². The van der Waals surface area contributed by atoms with Gasteiger partial charge in [-0.05, 0) is 24.6 Å². The predicted molar refractivity (Wildman–Crippen MR) is 78.9 cm³/mol. The van der Waals surface area contributed by atoms with Crippen molar-refractivity contribution < 1.29 is 17.9 Å². The van der Waals surface area contributed by atoms with Gasteiger partial charge in [0.15, 0.2) is 5.96 Å². The number of benzene rings is 1. The van der Waals surface area contributed by atoms with Gasteiger partial charge in [0.2, 0.25) is 0 Å². The Morgan fingerprint density at radius 2 is 2.14 bits per heavy atom. The Kier molecular flexibility index (Phi) is 6.47. The van der Waals surface area contributed by atoms with Crippen LogP contribution in [0, 0.1) is 0 Å². The fourth-order valence-corrected chi connectivity index (χ4v) is 2.07. The first kappa shape index (κ1) is 17.8. The minimum absolute atomic E-state index is 0.0647. The van der Waals surface area contributed by atoms with Gasteiger partial charge in [-0.1, -0.05) is 22.0 Å². The zero-order valence-corrected chi connectivity index (χ0v) is 13.3. The van der Waals surface area contributed by atoms with Crippen molar-refractivity contribution in [1.82, 2.24) is 5.32 Å². The van der Waals surface area contributed by atoms with E-state index < -0.39 is 11.7 Å². The number of ether oxygens (including phenoxy) is 1. The molecule has 4 nitrogen and oxygen atoms in total. The standard InChI is InChI=1S/C13H17BrF3N3O/c1-8(7-21-2)20-12(18)19-6-9-3-4-10(14)5-11(9)13(15,16)17/h3-5,8H,6-7H2,1-2H3,(H3,18,19,20). The summed E-state index contributed by atoms with van der Waals surface area (Å²) in [6, 6.07) is 3.87. The zero-order valence-electron chi connectivity index (χ0n) is 11.7. The Morgan fingerprint density at radius 3 is 2.71 bits per heavy atom. The van der Waals surface area contributed by atoms with Crippen LogP contribution in [-0.4, -0.2) is 25.7 Å². The maximum atomic E-state index is 12.9. The molecule has 0 aliphatic carbocycles. The molecule has 0 bridgehead atoms. The molecular formula is C13H17BrF3N3O. The number of rotatable bonds is 5. The molecular weight excluding hydrogens is 351 g/mol. The third-order valence-corrected chi connectivity index (χ3v) is 3.10. The molecule has 0 saturated carbocycles. The number of guanidine groups is 1. The molecule has 0 radical (unpaired) electrons. The summed E-state index contributed by atoms with van der Waals surface area (Å²) in [4.78, 5) is 3.93. The molecule has 0 aliphatic rings. The zero-order chi connectivity index (χ0) is 16.0. The summed E-state index contributed by atoms with van der Waals surface area (Å²) in [5.74, 6) is 0.0793. The molecule has 0 aromatic heterocycles. The first-order chi connectivity index (χ1) is 9.74. The highest BCUT2D eigenvalue weighted by Crippen LogP contribution is 2.34. The van der Waals surface area contributed by atoms with E-state index in [-0.39, 0.29) is 24.1 Å². The maximum absolute atomic E-state index is 12.9. The maximum Gasteiger partial charge on any atom is 0.416 e. The quantitative estimate of drug-likeness (QED) is 0.621. The van der Waals surface area contributed by atoms with Crippen LogP contribution in [-0.2, 0) is 17.5 Å². The molecule has 0 heterocycles. The Morgan fingerprint density at radius 1 is 1.48 bits per heavy atom. The van der Waals surface area contributed by atoms with Crippen LogP contribution in [0.1, 0.15) is 18.1 Å². The fourth-order valence-electron chi connectivity index (χ4n) is 1.71. The van der Waals surface area contributed by atoms with E-state index in [4.69, 9.17) is 10.5 Å². The van der Waals surface area contributed by atoms with E-state index in [0.29, 0.717) is 11.1 Å². The second-order valence-electron chi connectivity index (χ2n) is 4.50. The van der Waals surface area contributed by atoms with Gasteiger partial charge in [-0.25, -0.2) is 4.99 Å². The van der Waals surface area contributed by atoms with Crippen molar-refractivity contribution >= 4 is 21.9 Å². The Bertz CT molecular complexity index is 506. The number of hydrogen-bond acceptors (Lipinski definition) is 2. The molecule has 1 unspecified atom stereocenters. The van der Waals surface area contributed by atoms with E-state index in [2.05, 4.69) is 26.2 Å². The van der Waals surface area contributed by atoms with Crippen molar-refractivity contribution in [3.63, 3.8) is 0 Å². The summed E-state index contributed by atoms with van der Waals surface area (Å²) >= 11 is 3.03. The van der Waals surface area contributed by atoms with Gasteiger partial charge in [0, 0.05) is 17.6 Å². The molecule has 1 atom stereocenters. The molecule has 21 heavy (non-hydrogen) atoms. The van der Waals surface area contributed by atoms with Gasteiger partial charge in [0.25, 0.3) is 0 Å². The minimum Gasteiger partial charge on any atom is -0.383 e. The molecule has 1 aromatic carbocycles. The number of alkyl halides is 3. The first-order valence-corrected chi connectivity index (χ1v) is 6.94. The Labute approximate surface area is 129 Å². The second kappa shape index (κ2) is 7.65. The van der Waals surface area contributed by atoms with Crippen LogP contribution in [0.25, 0.3) is 0 Å². The van der Waals surface area contributed by atoms with Crippen LogP contribution in [0.5, 0.6) is 0 Å². The highest BCUT2D eigenvalue weighted by molar-refractivity contribution is 9.10. The third kappa shape index (κ3) is 5.92. The van der Waals surface area contributed by atoms with Gasteiger partial charge in [-0.2, -0.15) is 13.2 Å². The summed E-state index contributed by atoms with van der Waals surface area (Å²) < 4.78 is 44.1. The number of aliphatic imine (C=N–C) groups is 1. The van der Waals surface area contributed by atoms with Crippen LogP contribution < -0.4 is 11.1 Å². The SMILES string of the molecule is COCC(C)NC(N)=NCc1ccc(Br)cc1C(F)(F)F. The highest BCUT2D eigenvalue weighted by atomic mass is 79.9. The van der Waals surface area contributed by atoms with Crippen LogP contribution in [0.2, 0.25) is 0 Å². The van der Waals surface area contributed by atoms with E-state index in [1.54, 1.807) is 7.11 Å². The minimum atomic E-state index is -4.43. The van der Waals surface area contributed by atoms with Crippen LogP contribution in [0.4, 0.5) is 13.2 Å². The molecule has 0 aliphatic heterocycles. The number of nitrogens with two attached hydrogens (primary N) is 1. The van der Waals surface area contributed by atoms with E-state index in [1.165, 1.54) is 12.1 Å². The molecule has 0 fully saturated rings. The van der Waals surface area contributed by atoms with Crippen LogP contribution >= 0.6 is 15.9 Å². The number of nitrogens with one attached hydrogen (secondary N) is 1. The largest absolute Gasteiger partial charge is 0.416 e. The molecule has 0 saturated heterocycles. The normalized spacial score (nSPS) is 14.1. The van der Waals surface area contributed by atoms with E-state index >= 15 is 0 Å². The molecule has 1 aromatic rings. The predicted octanol–water partition coefficient (Wildman–Crippen LogP) is 2.91. The van der Waals surface area contributed by atoms with Crippen molar-refractivity contribution in [1.29, 1.82) is 0 Å². The molecule has 0 amide bonds. The van der Waals surface area contributed by atoms with Crippen molar-refractivity contribution in [3.05, 3.63) is 33.8 Å². The smallest absolute Gasteiger partial charge is 0.383 e. The average molecular weight is 368 g/mol. The monoisotopic (exact) mass is 367 g/mol. The average Bonchev–Trinajstić information content (AvgIpc) is 2.36. The molecule has 1 rings (SSSR count). The first-order valence-electron chi connectivity index (χ1n) is 6.15. The summed E-state index contributed by atoms with van der Waals surface area (Å²) in [6.45, 7) is 2.09. The van der Waals surface area contributed by atoms with Gasteiger partial charge >= 0.3 is 6.18 Å². The molecule has 3 N–H and O–H groups in total. The summed E-state index contributed by atoms with van der Waals surface area (Å²) in [7, 11) is 1.54. The van der Waals surface area contributed by atoms with E-state index in [0.717, 1.165) is 6.07 Å². The number of hydrogen-bond donors (Lipinski definition) is 2. The van der Waals surface area contributed by atoms with Crippen molar-refractivity contribution in [2.24, 2.45) is 10.7 Å². The molecule has 118 valence electrons. The van der Waals surface area contributed by atoms with E-state index in [1.807, 2.05) is 6.92 Å². The van der Waals surface area contributed by atoms with Gasteiger partial charge < -0.3 is 15.8 Å². The number of halogens is 4. The molecule has 8 heteroatoms. The van der Waals surface area contributed by atoms with Crippen molar-refractivity contribution in [2.45, 2.75) is 25.7 Å².